The number of non-ortho nitro benzene ring substituents is 1. The van der Waals surface area contributed by atoms with Gasteiger partial charge in [0.2, 0.25) is 0 Å². The zero-order valence-corrected chi connectivity index (χ0v) is 18.1. The van der Waals surface area contributed by atoms with Crippen LogP contribution in [0.25, 0.3) is 11.0 Å². The molecule has 1 aromatic heterocycles. The maximum absolute atomic E-state index is 13.2. The third kappa shape index (κ3) is 4.69. The molecule has 0 radical (unpaired) electrons. The Kier molecular flexibility index (Phi) is 6.46. The molecular formula is C23H24N2O5S. The van der Waals surface area contributed by atoms with Gasteiger partial charge in [0.1, 0.15) is 11.3 Å². The van der Waals surface area contributed by atoms with Crippen molar-refractivity contribution in [1.29, 1.82) is 0 Å². The number of benzene rings is 2. The number of thioether (sulfide) groups is 1. The molecule has 3 aromatic rings. The van der Waals surface area contributed by atoms with E-state index in [0.29, 0.717) is 22.3 Å². The van der Waals surface area contributed by atoms with Crippen molar-refractivity contribution in [2.45, 2.75) is 43.1 Å². The van der Waals surface area contributed by atoms with E-state index in [1.54, 1.807) is 0 Å². The van der Waals surface area contributed by atoms with Crippen molar-refractivity contribution in [3.63, 3.8) is 0 Å². The second-order valence-electron chi connectivity index (χ2n) is 7.57. The van der Waals surface area contributed by atoms with Crippen LogP contribution < -0.4 is 10.1 Å². The molecule has 1 saturated carbocycles. The summed E-state index contributed by atoms with van der Waals surface area (Å²) in [6, 6.07) is 11.7. The number of nitro groups is 1. The predicted octanol–water partition coefficient (Wildman–Crippen LogP) is 6.17. The van der Waals surface area contributed by atoms with Crippen LogP contribution in [-0.4, -0.2) is 23.2 Å². The molecule has 2 aromatic carbocycles. The Hall–Kier alpha value is -3.00. The summed E-state index contributed by atoms with van der Waals surface area (Å²) in [5, 5.41) is 15.4. The maximum Gasteiger partial charge on any atom is 0.291 e. The van der Waals surface area contributed by atoms with Gasteiger partial charge < -0.3 is 14.5 Å². The Labute approximate surface area is 184 Å². The molecule has 31 heavy (non-hydrogen) atoms. The van der Waals surface area contributed by atoms with Gasteiger partial charge in [-0.25, -0.2) is 0 Å². The van der Waals surface area contributed by atoms with Crippen LogP contribution in [0.5, 0.6) is 5.75 Å². The quantitative estimate of drug-likeness (QED) is 0.349. The van der Waals surface area contributed by atoms with E-state index >= 15 is 0 Å². The van der Waals surface area contributed by atoms with E-state index in [1.807, 2.05) is 36.0 Å². The number of rotatable bonds is 7. The van der Waals surface area contributed by atoms with Crippen LogP contribution in [0.15, 0.2) is 46.9 Å². The minimum Gasteiger partial charge on any atom is -0.495 e. The van der Waals surface area contributed by atoms with Crippen molar-refractivity contribution < 1.29 is 18.9 Å². The number of nitro benzene ring substituents is 1. The Morgan fingerprint density at radius 3 is 2.74 bits per heavy atom. The number of methoxy groups -OCH3 is 1. The summed E-state index contributed by atoms with van der Waals surface area (Å²) in [6.07, 6.45) is 6.21. The molecule has 0 saturated heterocycles. The SMILES string of the molecule is COc1ccc([N+](=O)[O-])cc1NC(=O)c1oc2ccccc2c1CSC1CCCCC1. The van der Waals surface area contributed by atoms with Crippen LogP contribution in [0, 0.1) is 10.1 Å². The molecule has 1 fully saturated rings. The number of hydrogen-bond acceptors (Lipinski definition) is 6. The number of nitrogens with zero attached hydrogens (tertiary/aromatic N) is 1. The molecule has 1 heterocycles. The van der Waals surface area contributed by atoms with Gasteiger partial charge in [0.05, 0.1) is 17.7 Å². The monoisotopic (exact) mass is 440 g/mol. The fourth-order valence-electron chi connectivity index (χ4n) is 3.94. The highest BCUT2D eigenvalue weighted by Crippen LogP contribution is 2.36. The first kappa shape index (κ1) is 21.2. The van der Waals surface area contributed by atoms with Gasteiger partial charge in [0.15, 0.2) is 5.76 Å². The first-order valence-corrected chi connectivity index (χ1v) is 11.4. The fourth-order valence-corrected chi connectivity index (χ4v) is 5.30. The number of para-hydroxylation sites is 1. The largest absolute Gasteiger partial charge is 0.495 e. The molecule has 162 valence electrons. The van der Waals surface area contributed by atoms with Gasteiger partial charge in [0, 0.05) is 34.1 Å². The number of carbonyl (C=O) groups is 1. The first-order valence-electron chi connectivity index (χ1n) is 10.3. The van der Waals surface area contributed by atoms with Crippen LogP contribution in [0.3, 0.4) is 0 Å². The van der Waals surface area contributed by atoms with Gasteiger partial charge in [-0.1, -0.05) is 37.5 Å². The standard InChI is InChI=1S/C23H24N2O5S/c1-29-21-12-11-15(25(27)28)13-19(21)24-23(26)22-18(14-31-16-7-3-2-4-8-16)17-9-5-6-10-20(17)30-22/h5-6,9-13,16H,2-4,7-8,14H2,1H3,(H,24,26). The number of anilines is 1. The number of ether oxygens (including phenoxy) is 1. The molecule has 4 rings (SSSR count). The summed E-state index contributed by atoms with van der Waals surface area (Å²) in [5.74, 6) is 0.803. The van der Waals surface area contributed by atoms with E-state index in [1.165, 1.54) is 57.4 Å². The van der Waals surface area contributed by atoms with Gasteiger partial charge in [0.25, 0.3) is 11.6 Å². The summed E-state index contributed by atoms with van der Waals surface area (Å²) in [4.78, 5) is 23.8. The van der Waals surface area contributed by atoms with Crippen molar-refractivity contribution in [3.05, 3.63) is 63.9 Å². The van der Waals surface area contributed by atoms with Crippen molar-refractivity contribution in [2.24, 2.45) is 0 Å². The average Bonchev–Trinajstić information content (AvgIpc) is 3.17. The molecule has 0 atom stereocenters. The van der Waals surface area contributed by atoms with Crippen LogP contribution in [-0.2, 0) is 5.75 Å². The van der Waals surface area contributed by atoms with Gasteiger partial charge in [-0.3, -0.25) is 14.9 Å². The van der Waals surface area contributed by atoms with Crippen LogP contribution in [0.4, 0.5) is 11.4 Å². The van der Waals surface area contributed by atoms with Gasteiger partial charge in [-0.15, -0.1) is 0 Å². The normalized spacial score (nSPS) is 14.5. The Bertz CT molecular complexity index is 1100. The third-order valence-electron chi connectivity index (χ3n) is 5.56. The van der Waals surface area contributed by atoms with E-state index in [-0.39, 0.29) is 17.1 Å². The number of hydrogen-bond donors (Lipinski definition) is 1. The van der Waals surface area contributed by atoms with E-state index in [9.17, 15) is 14.9 Å². The van der Waals surface area contributed by atoms with Gasteiger partial charge in [-0.05, 0) is 25.0 Å². The van der Waals surface area contributed by atoms with E-state index in [2.05, 4.69) is 5.32 Å². The minimum atomic E-state index is -0.511. The minimum absolute atomic E-state index is 0.131. The van der Waals surface area contributed by atoms with E-state index in [4.69, 9.17) is 9.15 Å². The molecule has 1 N–H and O–H groups in total. The van der Waals surface area contributed by atoms with Crippen molar-refractivity contribution >= 4 is 40.0 Å². The molecule has 0 bridgehead atoms. The Balaban J connectivity index is 1.63. The Morgan fingerprint density at radius 1 is 1.23 bits per heavy atom. The molecule has 8 heteroatoms. The highest BCUT2D eigenvalue weighted by molar-refractivity contribution is 7.99. The molecule has 0 unspecified atom stereocenters. The van der Waals surface area contributed by atoms with Gasteiger partial charge in [-0.2, -0.15) is 11.8 Å². The summed E-state index contributed by atoms with van der Waals surface area (Å²) >= 11 is 1.87. The molecule has 1 amide bonds. The molecule has 0 spiro atoms. The molecule has 0 aliphatic heterocycles. The fraction of sp³-hybridized carbons (Fsp3) is 0.348. The number of nitrogens with one attached hydrogen (secondary N) is 1. The topological polar surface area (TPSA) is 94.6 Å². The lowest BCUT2D eigenvalue weighted by molar-refractivity contribution is -0.384. The molecule has 1 aliphatic carbocycles. The number of fused-ring (bicyclic) bond motifs is 1. The van der Waals surface area contributed by atoms with Gasteiger partial charge >= 0.3 is 0 Å². The summed E-state index contributed by atoms with van der Waals surface area (Å²) in [6.45, 7) is 0. The van der Waals surface area contributed by atoms with Crippen LogP contribution in [0.2, 0.25) is 0 Å². The second kappa shape index (κ2) is 9.43. The summed E-state index contributed by atoms with van der Waals surface area (Å²) in [5.41, 5.74) is 1.60. The number of furan rings is 1. The summed E-state index contributed by atoms with van der Waals surface area (Å²) < 4.78 is 11.2. The van der Waals surface area contributed by atoms with E-state index in [0.717, 1.165) is 10.9 Å². The highest BCUT2D eigenvalue weighted by atomic mass is 32.2. The maximum atomic E-state index is 13.2. The lowest BCUT2D eigenvalue weighted by atomic mass is 10.0. The predicted molar refractivity (Wildman–Crippen MR) is 122 cm³/mol. The lowest BCUT2D eigenvalue weighted by Gasteiger charge is -2.20. The molecule has 1 aliphatic rings. The molecule has 7 nitrogen and oxygen atoms in total. The van der Waals surface area contributed by atoms with Crippen molar-refractivity contribution in [1.82, 2.24) is 0 Å². The number of carbonyl (C=O) groups excluding carboxylic acids is 1. The smallest absolute Gasteiger partial charge is 0.291 e. The zero-order valence-electron chi connectivity index (χ0n) is 17.3. The number of amides is 1. The molecular weight excluding hydrogens is 416 g/mol. The first-order chi connectivity index (χ1) is 15.1. The zero-order chi connectivity index (χ0) is 21.8. The highest BCUT2D eigenvalue weighted by Gasteiger charge is 2.24. The van der Waals surface area contributed by atoms with Crippen LogP contribution >= 0.6 is 11.8 Å². The lowest BCUT2D eigenvalue weighted by Crippen LogP contribution is -2.14. The van der Waals surface area contributed by atoms with E-state index < -0.39 is 10.8 Å². The second-order valence-corrected chi connectivity index (χ2v) is 8.86. The van der Waals surface area contributed by atoms with Crippen LogP contribution in [0.1, 0.15) is 48.2 Å². The average molecular weight is 441 g/mol. The Morgan fingerprint density at radius 2 is 2.00 bits per heavy atom. The third-order valence-corrected chi connectivity index (χ3v) is 6.96. The van der Waals surface area contributed by atoms with Crippen molar-refractivity contribution in [2.75, 3.05) is 12.4 Å². The van der Waals surface area contributed by atoms with Crippen molar-refractivity contribution in [3.8, 4) is 5.75 Å². The summed E-state index contributed by atoms with van der Waals surface area (Å²) in [7, 11) is 1.45.